The fraction of sp³-hybridized carbons (Fsp3) is 0.429. The van der Waals surface area contributed by atoms with Crippen LogP contribution in [0, 0.1) is 13.8 Å². The minimum atomic E-state index is -4.70. The molecule has 21 heavy (non-hydrogen) atoms. The summed E-state index contributed by atoms with van der Waals surface area (Å²) in [7, 11) is 0. The predicted molar refractivity (Wildman–Crippen MR) is 71.2 cm³/mol. The highest BCUT2D eigenvalue weighted by Crippen LogP contribution is 2.35. The standard InChI is InChI=1S/C14H15F3N2O2/c1-4-10(12(20)21)19-11-6-8(3)7(2)5-9(11)18-13(19)14(15,16)17/h5-6,10H,4H2,1-3H3,(H,20,21). The molecule has 7 heteroatoms. The van der Waals surface area contributed by atoms with Gasteiger partial charge in [-0.2, -0.15) is 13.2 Å². The Morgan fingerprint density at radius 1 is 1.33 bits per heavy atom. The molecule has 0 saturated heterocycles. The first-order chi connectivity index (χ1) is 9.66. The molecule has 0 amide bonds. The normalized spacial score (nSPS) is 13.6. The zero-order valence-corrected chi connectivity index (χ0v) is 11.8. The number of alkyl halides is 3. The molecule has 0 fully saturated rings. The number of aliphatic carboxylic acids is 1. The molecule has 1 aromatic carbocycles. The number of halogens is 3. The number of nitrogens with zero attached hydrogens (tertiary/aromatic N) is 2. The average Bonchev–Trinajstić information content (AvgIpc) is 2.69. The summed E-state index contributed by atoms with van der Waals surface area (Å²) in [4.78, 5) is 14.9. The number of aromatic nitrogens is 2. The summed E-state index contributed by atoms with van der Waals surface area (Å²) in [5, 5.41) is 9.20. The Labute approximate surface area is 119 Å². The Hall–Kier alpha value is -2.05. The summed E-state index contributed by atoms with van der Waals surface area (Å²) in [5.74, 6) is -2.47. The van der Waals surface area contributed by atoms with E-state index in [1.165, 1.54) is 6.92 Å². The molecule has 0 bridgehead atoms. The maximum absolute atomic E-state index is 13.2. The van der Waals surface area contributed by atoms with Crippen LogP contribution in [-0.2, 0) is 11.0 Å². The second kappa shape index (κ2) is 5.05. The van der Waals surface area contributed by atoms with Crippen molar-refractivity contribution in [1.82, 2.24) is 9.55 Å². The molecule has 4 nitrogen and oxygen atoms in total. The van der Waals surface area contributed by atoms with Gasteiger partial charge in [-0.3, -0.25) is 0 Å². The molecule has 2 aromatic rings. The summed E-state index contributed by atoms with van der Waals surface area (Å²) >= 11 is 0. The third-order valence-corrected chi connectivity index (χ3v) is 3.54. The molecule has 1 heterocycles. The fourth-order valence-electron chi connectivity index (χ4n) is 2.33. The maximum Gasteiger partial charge on any atom is 0.449 e. The Bertz CT molecular complexity index is 704. The number of hydrogen-bond acceptors (Lipinski definition) is 2. The Morgan fingerprint density at radius 2 is 1.90 bits per heavy atom. The summed E-state index contributed by atoms with van der Waals surface area (Å²) in [5.41, 5.74) is 1.95. The summed E-state index contributed by atoms with van der Waals surface area (Å²) in [6, 6.07) is 1.80. The van der Waals surface area contributed by atoms with E-state index in [2.05, 4.69) is 4.98 Å². The van der Waals surface area contributed by atoms with E-state index in [1.807, 2.05) is 0 Å². The van der Waals surface area contributed by atoms with Crippen LogP contribution in [0.2, 0.25) is 0 Å². The number of imidazole rings is 1. The SMILES string of the molecule is CCC(C(=O)O)n1c(C(F)(F)F)nc2cc(C)c(C)cc21. The lowest BCUT2D eigenvalue weighted by atomic mass is 10.1. The van der Waals surface area contributed by atoms with Crippen LogP contribution in [0.1, 0.15) is 36.3 Å². The lowest BCUT2D eigenvalue weighted by molar-refractivity contribution is -0.151. The van der Waals surface area contributed by atoms with Crippen molar-refractivity contribution in [2.75, 3.05) is 0 Å². The highest BCUT2D eigenvalue weighted by Gasteiger charge is 2.40. The Morgan fingerprint density at radius 3 is 2.38 bits per heavy atom. The van der Waals surface area contributed by atoms with Crippen molar-refractivity contribution >= 4 is 17.0 Å². The van der Waals surface area contributed by atoms with Crippen molar-refractivity contribution in [3.8, 4) is 0 Å². The van der Waals surface area contributed by atoms with Crippen LogP contribution in [-0.4, -0.2) is 20.6 Å². The minimum Gasteiger partial charge on any atom is -0.480 e. The van der Waals surface area contributed by atoms with Crippen LogP contribution in [0.5, 0.6) is 0 Å². The van der Waals surface area contributed by atoms with Crippen LogP contribution in [0.25, 0.3) is 11.0 Å². The number of carbonyl (C=O) groups is 1. The molecule has 1 N–H and O–H groups in total. The third-order valence-electron chi connectivity index (χ3n) is 3.54. The predicted octanol–water partition coefficient (Wildman–Crippen LogP) is 3.71. The van der Waals surface area contributed by atoms with Gasteiger partial charge in [-0.05, 0) is 43.5 Å². The van der Waals surface area contributed by atoms with Crippen molar-refractivity contribution < 1.29 is 23.1 Å². The van der Waals surface area contributed by atoms with Crippen molar-refractivity contribution in [3.05, 3.63) is 29.1 Å². The highest BCUT2D eigenvalue weighted by molar-refractivity contribution is 5.82. The van der Waals surface area contributed by atoms with Gasteiger partial charge in [0.15, 0.2) is 0 Å². The van der Waals surface area contributed by atoms with E-state index in [0.29, 0.717) is 0 Å². The molecule has 0 spiro atoms. The molecule has 0 aliphatic rings. The number of aryl methyl sites for hydroxylation is 2. The highest BCUT2D eigenvalue weighted by atomic mass is 19.4. The second-order valence-electron chi connectivity index (χ2n) is 4.99. The summed E-state index contributed by atoms with van der Waals surface area (Å²) in [6.07, 6.45) is -4.67. The van der Waals surface area contributed by atoms with E-state index >= 15 is 0 Å². The summed E-state index contributed by atoms with van der Waals surface area (Å²) < 4.78 is 40.3. The van der Waals surface area contributed by atoms with Crippen LogP contribution >= 0.6 is 0 Å². The van der Waals surface area contributed by atoms with E-state index in [9.17, 15) is 23.1 Å². The first-order valence-electron chi connectivity index (χ1n) is 6.46. The molecule has 0 aliphatic heterocycles. The molecule has 1 atom stereocenters. The quantitative estimate of drug-likeness (QED) is 0.940. The van der Waals surface area contributed by atoms with Gasteiger partial charge in [0, 0.05) is 0 Å². The first-order valence-corrected chi connectivity index (χ1v) is 6.46. The molecule has 1 aromatic heterocycles. The molecule has 1 unspecified atom stereocenters. The van der Waals surface area contributed by atoms with Crippen molar-refractivity contribution in [3.63, 3.8) is 0 Å². The van der Waals surface area contributed by atoms with Gasteiger partial charge in [0.25, 0.3) is 0 Å². The molecule has 2 rings (SSSR count). The van der Waals surface area contributed by atoms with Gasteiger partial charge >= 0.3 is 12.1 Å². The molecule has 0 aliphatic carbocycles. The van der Waals surface area contributed by atoms with Crippen LogP contribution in [0.4, 0.5) is 13.2 Å². The van der Waals surface area contributed by atoms with Gasteiger partial charge in [-0.25, -0.2) is 9.78 Å². The third kappa shape index (κ3) is 2.59. The second-order valence-corrected chi connectivity index (χ2v) is 4.99. The lowest BCUT2D eigenvalue weighted by Crippen LogP contribution is -2.24. The molecule has 0 saturated carbocycles. The van der Waals surface area contributed by atoms with E-state index in [-0.39, 0.29) is 17.5 Å². The fourth-order valence-corrected chi connectivity index (χ4v) is 2.33. The van der Waals surface area contributed by atoms with Crippen LogP contribution in [0.15, 0.2) is 12.1 Å². The van der Waals surface area contributed by atoms with Crippen molar-refractivity contribution in [1.29, 1.82) is 0 Å². The monoisotopic (exact) mass is 300 g/mol. The summed E-state index contributed by atoms with van der Waals surface area (Å²) in [6.45, 7) is 5.07. The van der Waals surface area contributed by atoms with E-state index < -0.39 is 24.0 Å². The smallest absolute Gasteiger partial charge is 0.449 e. The van der Waals surface area contributed by atoms with Gasteiger partial charge in [-0.15, -0.1) is 0 Å². The van der Waals surface area contributed by atoms with Crippen LogP contribution in [0.3, 0.4) is 0 Å². The lowest BCUT2D eigenvalue weighted by Gasteiger charge is -2.17. The maximum atomic E-state index is 13.2. The average molecular weight is 300 g/mol. The number of rotatable bonds is 3. The topological polar surface area (TPSA) is 55.1 Å². The van der Waals surface area contributed by atoms with E-state index in [1.54, 1.807) is 26.0 Å². The number of carboxylic acid groups (broad SMARTS) is 1. The van der Waals surface area contributed by atoms with E-state index in [0.717, 1.165) is 15.7 Å². The van der Waals surface area contributed by atoms with Gasteiger partial charge < -0.3 is 9.67 Å². The van der Waals surface area contributed by atoms with Gasteiger partial charge in [0.2, 0.25) is 5.82 Å². The molecular weight excluding hydrogens is 285 g/mol. The number of hydrogen-bond donors (Lipinski definition) is 1. The van der Waals surface area contributed by atoms with Crippen molar-refractivity contribution in [2.45, 2.75) is 39.4 Å². The van der Waals surface area contributed by atoms with Crippen molar-refractivity contribution in [2.24, 2.45) is 0 Å². The molecule has 114 valence electrons. The zero-order chi connectivity index (χ0) is 15.9. The van der Waals surface area contributed by atoms with Gasteiger partial charge in [-0.1, -0.05) is 6.92 Å². The number of benzene rings is 1. The largest absolute Gasteiger partial charge is 0.480 e. The van der Waals surface area contributed by atoms with E-state index in [4.69, 9.17) is 0 Å². The molecular formula is C14H15F3N2O2. The first kappa shape index (κ1) is 15.3. The van der Waals surface area contributed by atoms with Gasteiger partial charge in [0.1, 0.15) is 6.04 Å². The number of carboxylic acids is 1. The van der Waals surface area contributed by atoms with Crippen LogP contribution < -0.4 is 0 Å². The molecule has 0 radical (unpaired) electrons. The minimum absolute atomic E-state index is 0.0385. The van der Waals surface area contributed by atoms with Gasteiger partial charge in [0.05, 0.1) is 11.0 Å². The zero-order valence-electron chi connectivity index (χ0n) is 11.8. The Balaban J connectivity index is 2.86. The Kier molecular flexibility index (Phi) is 3.69. The number of fused-ring (bicyclic) bond motifs is 1.